The molecule has 0 aliphatic heterocycles. The summed E-state index contributed by atoms with van der Waals surface area (Å²) in [7, 11) is -3.99. The van der Waals surface area contributed by atoms with Crippen LogP contribution in [0.15, 0.2) is 18.2 Å². The first-order valence-corrected chi connectivity index (χ1v) is 6.86. The van der Waals surface area contributed by atoms with Crippen LogP contribution in [0.5, 0.6) is 0 Å². The van der Waals surface area contributed by atoms with Crippen molar-refractivity contribution in [3.63, 3.8) is 0 Å². The van der Waals surface area contributed by atoms with Gasteiger partial charge in [0.1, 0.15) is 5.82 Å². The predicted octanol–water partition coefficient (Wildman–Crippen LogP) is 2.49. The Labute approximate surface area is 107 Å². The third-order valence-electron chi connectivity index (χ3n) is 2.15. The summed E-state index contributed by atoms with van der Waals surface area (Å²) in [6, 6.07) is 3.05. The van der Waals surface area contributed by atoms with Gasteiger partial charge in [-0.1, -0.05) is 0 Å². The number of nitrogen functional groups attached to an aromatic ring is 1. The molecule has 108 valence electrons. The van der Waals surface area contributed by atoms with E-state index in [-0.39, 0.29) is 11.4 Å². The molecule has 1 aromatic rings. The van der Waals surface area contributed by atoms with Crippen LogP contribution in [0.25, 0.3) is 0 Å². The van der Waals surface area contributed by atoms with Crippen LogP contribution in [0.1, 0.15) is 12.8 Å². The minimum Gasteiger partial charge on any atom is -0.397 e. The Hall–Kier alpha value is -1.51. The standard InChI is InChI=1S/C10H12F4N2O2S/c11-7-2-3-8(15)9(6-7)16-19(17,18)5-1-4-10(12,13)14/h2-3,6,16H,1,4-5,15H2. The van der Waals surface area contributed by atoms with E-state index in [1.807, 2.05) is 4.72 Å². The minimum atomic E-state index is -4.41. The third kappa shape index (κ3) is 5.77. The number of hydrogen-bond acceptors (Lipinski definition) is 3. The number of halogens is 4. The van der Waals surface area contributed by atoms with Crippen molar-refractivity contribution in [2.75, 3.05) is 16.2 Å². The fourth-order valence-corrected chi connectivity index (χ4v) is 2.44. The first-order valence-electron chi connectivity index (χ1n) is 5.21. The van der Waals surface area contributed by atoms with Gasteiger partial charge < -0.3 is 5.73 Å². The highest BCUT2D eigenvalue weighted by Gasteiger charge is 2.27. The third-order valence-corrected chi connectivity index (χ3v) is 3.51. The van der Waals surface area contributed by atoms with Crippen molar-refractivity contribution in [1.29, 1.82) is 0 Å². The first-order chi connectivity index (χ1) is 8.59. The molecule has 9 heteroatoms. The number of nitrogens with one attached hydrogen (secondary N) is 1. The second-order valence-electron chi connectivity index (χ2n) is 3.87. The van der Waals surface area contributed by atoms with Crippen LogP contribution in [0, 0.1) is 5.82 Å². The van der Waals surface area contributed by atoms with Crippen LogP contribution >= 0.6 is 0 Å². The molecule has 19 heavy (non-hydrogen) atoms. The molecule has 0 aromatic heterocycles. The van der Waals surface area contributed by atoms with E-state index in [0.717, 1.165) is 18.2 Å². The van der Waals surface area contributed by atoms with Gasteiger partial charge >= 0.3 is 6.18 Å². The van der Waals surface area contributed by atoms with E-state index in [1.165, 1.54) is 0 Å². The summed E-state index contributed by atoms with van der Waals surface area (Å²) < 4.78 is 73.5. The van der Waals surface area contributed by atoms with Gasteiger partial charge in [-0.2, -0.15) is 13.2 Å². The van der Waals surface area contributed by atoms with Gasteiger partial charge in [0, 0.05) is 12.5 Å². The van der Waals surface area contributed by atoms with Crippen LogP contribution in [0.2, 0.25) is 0 Å². The number of rotatable bonds is 5. The summed E-state index contributed by atoms with van der Waals surface area (Å²) in [5.41, 5.74) is 5.22. The van der Waals surface area contributed by atoms with Crippen molar-refractivity contribution in [3.05, 3.63) is 24.0 Å². The average molecular weight is 300 g/mol. The zero-order valence-electron chi connectivity index (χ0n) is 9.67. The Kier molecular flexibility index (Phi) is 4.61. The molecule has 0 radical (unpaired) electrons. The van der Waals surface area contributed by atoms with Crippen molar-refractivity contribution < 1.29 is 26.0 Å². The molecule has 1 rings (SSSR count). The maximum absolute atomic E-state index is 12.9. The number of alkyl halides is 3. The van der Waals surface area contributed by atoms with Crippen molar-refractivity contribution >= 4 is 21.4 Å². The first kappa shape index (κ1) is 15.5. The zero-order chi connectivity index (χ0) is 14.7. The van der Waals surface area contributed by atoms with Gasteiger partial charge in [0.05, 0.1) is 17.1 Å². The van der Waals surface area contributed by atoms with Crippen LogP contribution in [0.3, 0.4) is 0 Å². The molecular weight excluding hydrogens is 288 g/mol. The Morgan fingerprint density at radius 1 is 1.26 bits per heavy atom. The van der Waals surface area contributed by atoms with E-state index >= 15 is 0 Å². The molecule has 1 aromatic carbocycles. The average Bonchev–Trinajstić information content (AvgIpc) is 2.20. The number of nitrogens with two attached hydrogens (primary N) is 1. The Bertz CT molecular complexity index is 543. The molecule has 0 amide bonds. The van der Waals surface area contributed by atoms with E-state index in [0.29, 0.717) is 0 Å². The topological polar surface area (TPSA) is 72.2 Å². The monoisotopic (exact) mass is 300 g/mol. The molecule has 0 atom stereocenters. The van der Waals surface area contributed by atoms with Gasteiger partial charge in [-0.15, -0.1) is 0 Å². The van der Waals surface area contributed by atoms with Crippen LogP contribution in [-0.4, -0.2) is 20.3 Å². The SMILES string of the molecule is Nc1ccc(F)cc1NS(=O)(=O)CCCC(F)(F)F. The molecule has 0 unspecified atom stereocenters. The molecule has 3 N–H and O–H groups in total. The lowest BCUT2D eigenvalue weighted by atomic mass is 10.3. The molecular formula is C10H12F4N2O2S. The molecule has 0 fully saturated rings. The van der Waals surface area contributed by atoms with Gasteiger partial charge in [-0.05, 0) is 18.6 Å². The van der Waals surface area contributed by atoms with Crippen molar-refractivity contribution in [3.8, 4) is 0 Å². The molecule has 0 aliphatic carbocycles. The second-order valence-corrected chi connectivity index (χ2v) is 5.71. The quantitative estimate of drug-likeness (QED) is 0.648. The Morgan fingerprint density at radius 2 is 1.89 bits per heavy atom. The fourth-order valence-electron chi connectivity index (χ4n) is 1.30. The fraction of sp³-hybridized carbons (Fsp3) is 0.400. The van der Waals surface area contributed by atoms with E-state index in [2.05, 4.69) is 0 Å². The number of benzene rings is 1. The number of anilines is 2. The zero-order valence-corrected chi connectivity index (χ0v) is 10.5. The van der Waals surface area contributed by atoms with E-state index in [1.54, 1.807) is 0 Å². The lowest BCUT2D eigenvalue weighted by Gasteiger charge is -2.11. The van der Waals surface area contributed by atoms with Crippen LogP contribution in [0.4, 0.5) is 28.9 Å². The summed E-state index contributed by atoms with van der Waals surface area (Å²) in [4.78, 5) is 0. The predicted molar refractivity (Wildman–Crippen MR) is 63.5 cm³/mol. The molecule has 0 saturated heterocycles. The molecule has 0 spiro atoms. The summed E-state index contributed by atoms with van der Waals surface area (Å²) in [5.74, 6) is -1.43. The molecule has 0 bridgehead atoms. The highest BCUT2D eigenvalue weighted by atomic mass is 32.2. The molecule has 0 saturated carbocycles. The summed E-state index contributed by atoms with van der Waals surface area (Å²) in [5, 5.41) is 0. The molecule has 4 nitrogen and oxygen atoms in total. The van der Waals surface area contributed by atoms with Crippen molar-refractivity contribution in [1.82, 2.24) is 0 Å². The largest absolute Gasteiger partial charge is 0.397 e. The van der Waals surface area contributed by atoms with Gasteiger partial charge in [-0.25, -0.2) is 12.8 Å². The lowest BCUT2D eigenvalue weighted by molar-refractivity contribution is -0.134. The lowest BCUT2D eigenvalue weighted by Crippen LogP contribution is -2.19. The van der Waals surface area contributed by atoms with Gasteiger partial charge in [0.2, 0.25) is 10.0 Å². The van der Waals surface area contributed by atoms with Crippen molar-refractivity contribution in [2.24, 2.45) is 0 Å². The highest BCUT2D eigenvalue weighted by molar-refractivity contribution is 7.92. The van der Waals surface area contributed by atoms with E-state index in [4.69, 9.17) is 5.73 Å². The van der Waals surface area contributed by atoms with Crippen LogP contribution < -0.4 is 10.5 Å². The van der Waals surface area contributed by atoms with Crippen LogP contribution in [-0.2, 0) is 10.0 Å². The molecule has 0 heterocycles. The van der Waals surface area contributed by atoms with Crippen molar-refractivity contribution in [2.45, 2.75) is 19.0 Å². The summed E-state index contributed by atoms with van der Waals surface area (Å²) >= 11 is 0. The maximum Gasteiger partial charge on any atom is 0.389 e. The van der Waals surface area contributed by atoms with E-state index < -0.39 is 40.6 Å². The molecule has 0 aliphatic rings. The number of sulfonamides is 1. The highest BCUT2D eigenvalue weighted by Crippen LogP contribution is 2.23. The van der Waals surface area contributed by atoms with Gasteiger partial charge in [0.15, 0.2) is 0 Å². The minimum absolute atomic E-state index is 0.0132. The Balaban J connectivity index is 2.67. The number of hydrogen-bond donors (Lipinski definition) is 2. The maximum atomic E-state index is 12.9. The Morgan fingerprint density at radius 3 is 2.47 bits per heavy atom. The van der Waals surface area contributed by atoms with Gasteiger partial charge in [0.25, 0.3) is 0 Å². The van der Waals surface area contributed by atoms with Gasteiger partial charge in [-0.3, -0.25) is 4.72 Å². The normalized spacial score (nSPS) is 12.4. The summed E-state index contributed by atoms with van der Waals surface area (Å²) in [6.07, 6.45) is -6.19. The smallest absolute Gasteiger partial charge is 0.389 e. The van der Waals surface area contributed by atoms with E-state index in [9.17, 15) is 26.0 Å². The second kappa shape index (κ2) is 5.64. The summed E-state index contributed by atoms with van der Waals surface area (Å²) in [6.45, 7) is 0.